The average molecular weight is 321 g/mol. The monoisotopic (exact) mass is 320 g/mol. The molecule has 102 valence electrons. The first kappa shape index (κ1) is 12.4. The van der Waals surface area contributed by atoms with Crippen LogP contribution in [0.3, 0.4) is 0 Å². The fourth-order valence-electron chi connectivity index (χ4n) is 4.30. The van der Waals surface area contributed by atoms with Crippen LogP contribution in [0.15, 0.2) is 22.7 Å². The van der Waals surface area contributed by atoms with E-state index in [2.05, 4.69) is 44.3 Å². The molecule has 0 aromatic heterocycles. The number of nitrogens with zero attached hydrogens (tertiary/aromatic N) is 1. The zero-order valence-electron chi connectivity index (χ0n) is 11.2. The molecule has 3 aliphatic rings. The lowest BCUT2D eigenvalue weighted by molar-refractivity contribution is 0.234. The van der Waals surface area contributed by atoms with Gasteiger partial charge >= 0.3 is 0 Å². The number of hydrogen-bond donors (Lipinski definition) is 1. The van der Waals surface area contributed by atoms with Crippen molar-refractivity contribution in [3.8, 4) is 0 Å². The van der Waals surface area contributed by atoms with Crippen molar-refractivity contribution in [2.45, 2.75) is 37.8 Å². The Kier molecular flexibility index (Phi) is 3.17. The van der Waals surface area contributed by atoms with Crippen molar-refractivity contribution in [1.29, 1.82) is 0 Å². The summed E-state index contributed by atoms with van der Waals surface area (Å²) in [5, 5.41) is 3.72. The van der Waals surface area contributed by atoms with Gasteiger partial charge in [0.05, 0.1) is 0 Å². The molecule has 3 atom stereocenters. The molecule has 1 aromatic rings. The second kappa shape index (κ2) is 4.87. The van der Waals surface area contributed by atoms with Crippen LogP contribution >= 0.6 is 15.9 Å². The second-order valence-electron chi connectivity index (χ2n) is 6.28. The Hall–Kier alpha value is -0.380. The summed E-state index contributed by atoms with van der Waals surface area (Å²) in [6.07, 6.45) is 5.33. The third-order valence-corrected chi connectivity index (χ3v) is 5.99. The van der Waals surface area contributed by atoms with E-state index in [1.54, 1.807) is 11.1 Å². The van der Waals surface area contributed by atoms with Crippen molar-refractivity contribution in [2.75, 3.05) is 19.6 Å². The van der Waals surface area contributed by atoms with Gasteiger partial charge in [0.15, 0.2) is 0 Å². The fourth-order valence-corrected chi connectivity index (χ4v) is 4.88. The Morgan fingerprint density at radius 3 is 3.05 bits per heavy atom. The average Bonchev–Trinajstić information content (AvgIpc) is 3.02. The molecule has 4 rings (SSSR count). The first-order chi connectivity index (χ1) is 9.33. The summed E-state index contributed by atoms with van der Waals surface area (Å²) >= 11 is 3.71. The summed E-state index contributed by atoms with van der Waals surface area (Å²) in [6, 6.07) is 8.15. The van der Waals surface area contributed by atoms with Crippen LogP contribution in [0.2, 0.25) is 0 Å². The number of piperidine rings is 1. The first-order valence-corrected chi connectivity index (χ1v) is 8.37. The van der Waals surface area contributed by atoms with Crippen LogP contribution in [0.5, 0.6) is 0 Å². The summed E-state index contributed by atoms with van der Waals surface area (Å²) in [5.41, 5.74) is 3.13. The van der Waals surface area contributed by atoms with Crippen LogP contribution < -0.4 is 5.32 Å². The maximum Gasteiger partial charge on any atom is 0.0355 e. The van der Waals surface area contributed by atoms with Gasteiger partial charge in [-0.2, -0.15) is 0 Å². The molecule has 2 saturated heterocycles. The van der Waals surface area contributed by atoms with E-state index in [-0.39, 0.29) is 0 Å². The highest BCUT2D eigenvalue weighted by atomic mass is 79.9. The van der Waals surface area contributed by atoms with E-state index >= 15 is 0 Å². The maximum absolute atomic E-state index is 3.72. The van der Waals surface area contributed by atoms with Gasteiger partial charge in [-0.1, -0.05) is 28.1 Å². The zero-order chi connectivity index (χ0) is 12.8. The quantitative estimate of drug-likeness (QED) is 0.855. The van der Waals surface area contributed by atoms with Gasteiger partial charge in [0.25, 0.3) is 0 Å². The molecule has 0 amide bonds. The predicted octanol–water partition coefficient (Wildman–Crippen LogP) is 3.12. The number of nitrogens with one attached hydrogen (secondary N) is 1. The lowest BCUT2D eigenvalue weighted by atomic mass is 9.94. The third-order valence-electron chi connectivity index (χ3n) is 5.25. The molecule has 0 spiro atoms. The number of halogens is 1. The van der Waals surface area contributed by atoms with E-state index in [0.717, 1.165) is 12.0 Å². The minimum absolute atomic E-state index is 0.667. The van der Waals surface area contributed by atoms with Crippen LogP contribution in [0.4, 0.5) is 0 Å². The SMILES string of the molecule is Brc1cccc2c1CCC2N1CC2CCCNC2C1. The van der Waals surface area contributed by atoms with Crippen molar-refractivity contribution < 1.29 is 0 Å². The Morgan fingerprint density at radius 2 is 2.16 bits per heavy atom. The van der Waals surface area contributed by atoms with E-state index < -0.39 is 0 Å². The number of fused-ring (bicyclic) bond motifs is 2. The molecule has 0 radical (unpaired) electrons. The standard InChI is InChI=1S/C16H21BrN2/c17-14-5-1-4-13-12(14)6-7-16(13)19-9-11-3-2-8-18-15(11)10-19/h1,4-5,11,15-16,18H,2-3,6-10H2. The molecule has 3 heteroatoms. The lowest BCUT2D eigenvalue weighted by Crippen LogP contribution is -2.40. The van der Waals surface area contributed by atoms with Gasteiger partial charge in [-0.3, -0.25) is 4.90 Å². The van der Waals surface area contributed by atoms with Crippen molar-refractivity contribution in [3.05, 3.63) is 33.8 Å². The van der Waals surface area contributed by atoms with Crippen LogP contribution in [-0.2, 0) is 6.42 Å². The van der Waals surface area contributed by atoms with E-state index in [1.807, 2.05) is 0 Å². The van der Waals surface area contributed by atoms with Crippen molar-refractivity contribution in [3.63, 3.8) is 0 Å². The Bertz CT molecular complexity index is 474. The fraction of sp³-hybridized carbons (Fsp3) is 0.625. The minimum atomic E-state index is 0.667. The highest BCUT2D eigenvalue weighted by Crippen LogP contribution is 2.41. The van der Waals surface area contributed by atoms with E-state index in [1.165, 1.54) is 49.8 Å². The maximum atomic E-state index is 3.72. The molecule has 2 heterocycles. The van der Waals surface area contributed by atoms with Crippen LogP contribution in [-0.4, -0.2) is 30.6 Å². The summed E-state index contributed by atoms with van der Waals surface area (Å²) in [4.78, 5) is 2.74. The molecule has 1 aliphatic carbocycles. The Morgan fingerprint density at radius 1 is 1.21 bits per heavy atom. The smallest absolute Gasteiger partial charge is 0.0355 e. The highest BCUT2D eigenvalue weighted by molar-refractivity contribution is 9.10. The summed E-state index contributed by atoms with van der Waals surface area (Å²) < 4.78 is 1.31. The Balaban J connectivity index is 1.58. The summed E-state index contributed by atoms with van der Waals surface area (Å²) in [7, 11) is 0. The van der Waals surface area contributed by atoms with E-state index in [9.17, 15) is 0 Å². The van der Waals surface area contributed by atoms with Crippen molar-refractivity contribution >= 4 is 15.9 Å². The van der Waals surface area contributed by atoms with E-state index in [0.29, 0.717) is 6.04 Å². The van der Waals surface area contributed by atoms with Gasteiger partial charge in [0, 0.05) is 29.6 Å². The minimum Gasteiger partial charge on any atom is -0.312 e. The molecule has 2 aliphatic heterocycles. The van der Waals surface area contributed by atoms with Crippen LogP contribution in [0.1, 0.15) is 36.4 Å². The van der Waals surface area contributed by atoms with Gasteiger partial charge in [-0.05, 0) is 55.3 Å². The van der Waals surface area contributed by atoms with E-state index in [4.69, 9.17) is 0 Å². The number of benzene rings is 1. The molecule has 0 bridgehead atoms. The van der Waals surface area contributed by atoms with Gasteiger partial charge in [-0.15, -0.1) is 0 Å². The normalized spacial score (nSPS) is 34.3. The van der Waals surface area contributed by atoms with Gasteiger partial charge < -0.3 is 5.32 Å². The zero-order valence-corrected chi connectivity index (χ0v) is 12.8. The highest BCUT2D eigenvalue weighted by Gasteiger charge is 2.39. The first-order valence-electron chi connectivity index (χ1n) is 7.57. The second-order valence-corrected chi connectivity index (χ2v) is 7.13. The topological polar surface area (TPSA) is 15.3 Å². The number of rotatable bonds is 1. The van der Waals surface area contributed by atoms with Gasteiger partial charge in [0.2, 0.25) is 0 Å². The number of likely N-dealkylation sites (tertiary alicyclic amines) is 1. The van der Waals surface area contributed by atoms with Crippen LogP contribution in [0.25, 0.3) is 0 Å². The number of hydrogen-bond acceptors (Lipinski definition) is 2. The summed E-state index contributed by atoms with van der Waals surface area (Å²) in [5.74, 6) is 0.893. The van der Waals surface area contributed by atoms with Crippen molar-refractivity contribution in [1.82, 2.24) is 10.2 Å². The molecule has 3 unspecified atom stereocenters. The molecule has 2 nitrogen and oxygen atoms in total. The van der Waals surface area contributed by atoms with Crippen LogP contribution in [0, 0.1) is 5.92 Å². The largest absolute Gasteiger partial charge is 0.312 e. The van der Waals surface area contributed by atoms with Gasteiger partial charge in [0.1, 0.15) is 0 Å². The Labute approximate surface area is 123 Å². The molecule has 1 N–H and O–H groups in total. The molecule has 2 fully saturated rings. The lowest BCUT2D eigenvalue weighted by Gasteiger charge is -2.25. The molecular weight excluding hydrogens is 300 g/mol. The molecule has 0 saturated carbocycles. The molecular formula is C16H21BrN2. The molecule has 19 heavy (non-hydrogen) atoms. The molecule has 1 aromatic carbocycles. The third kappa shape index (κ3) is 2.07. The summed E-state index contributed by atoms with van der Waals surface area (Å²) in [6.45, 7) is 3.78. The van der Waals surface area contributed by atoms with Gasteiger partial charge in [-0.25, -0.2) is 0 Å². The predicted molar refractivity (Wildman–Crippen MR) is 81.3 cm³/mol. The van der Waals surface area contributed by atoms with Crippen molar-refractivity contribution in [2.24, 2.45) is 5.92 Å².